The van der Waals surface area contributed by atoms with Crippen molar-refractivity contribution in [2.75, 3.05) is 6.61 Å². The Kier molecular flexibility index (Phi) is 1.41. The van der Waals surface area contributed by atoms with E-state index in [1.807, 2.05) is 0 Å². The van der Waals surface area contributed by atoms with Crippen molar-refractivity contribution in [3.8, 4) is 0 Å². The normalized spacial score (nSPS) is 28.2. The second-order valence-corrected chi connectivity index (χ2v) is 3.95. The van der Waals surface area contributed by atoms with Gasteiger partial charge < -0.3 is 4.74 Å². The van der Waals surface area contributed by atoms with Crippen LogP contribution in [0.2, 0.25) is 0 Å². The predicted octanol–water partition coefficient (Wildman–Crippen LogP) is 1.03. The number of benzene rings is 1. The minimum absolute atomic E-state index is 0.254. The fourth-order valence-corrected chi connectivity index (χ4v) is 1.85. The van der Waals surface area contributed by atoms with Crippen LogP contribution < -0.4 is 0 Å². The number of carbonyl (C=O) groups excluding carboxylic acids is 2. The van der Waals surface area contributed by atoms with Crippen molar-refractivity contribution in [3.63, 3.8) is 0 Å². The zero-order valence-electron chi connectivity index (χ0n) is 8.19. The molecule has 4 nitrogen and oxygen atoms in total. The Hall–Kier alpha value is -1.68. The highest BCUT2D eigenvalue weighted by Gasteiger charge is 2.54. The molecule has 0 bridgehead atoms. The summed E-state index contributed by atoms with van der Waals surface area (Å²) in [6.07, 6.45) is 0. The number of fused-ring (bicyclic) bond motifs is 1. The molecule has 2 heterocycles. The van der Waals surface area contributed by atoms with Crippen LogP contribution in [0.5, 0.6) is 0 Å². The lowest BCUT2D eigenvalue weighted by Crippen LogP contribution is -2.40. The summed E-state index contributed by atoms with van der Waals surface area (Å²) in [6.45, 7) is 2.17. The molecule has 0 aliphatic carbocycles. The van der Waals surface area contributed by atoms with E-state index in [9.17, 15) is 9.59 Å². The first-order valence-electron chi connectivity index (χ1n) is 4.75. The van der Waals surface area contributed by atoms with Crippen LogP contribution in [0.15, 0.2) is 24.3 Å². The highest BCUT2D eigenvalue weighted by molar-refractivity contribution is 6.21. The van der Waals surface area contributed by atoms with Gasteiger partial charge >= 0.3 is 0 Å². The van der Waals surface area contributed by atoms with Crippen molar-refractivity contribution in [2.45, 2.75) is 12.6 Å². The van der Waals surface area contributed by atoms with E-state index in [2.05, 4.69) is 0 Å². The fourth-order valence-electron chi connectivity index (χ4n) is 1.85. The van der Waals surface area contributed by atoms with Crippen LogP contribution in [0.1, 0.15) is 27.6 Å². The van der Waals surface area contributed by atoms with Crippen molar-refractivity contribution in [1.82, 2.24) is 4.90 Å². The molecule has 2 aliphatic heterocycles. The van der Waals surface area contributed by atoms with Crippen LogP contribution in [-0.4, -0.2) is 29.0 Å². The maximum absolute atomic E-state index is 11.9. The Morgan fingerprint density at radius 1 is 1.20 bits per heavy atom. The van der Waals surface area contributed by atoms with Gasteiger partial charge in [-0.05, 0) is 19.1 Å². The Morgan fingerprint density at radius 3 is 2.07 bits per heavy atom. The van der Waals surface area contributed by atoms with Crippen molar-refractivity contribution in [3.05, 3.63) is 35.4 Å². The molecule has 76 valence electrons. The molecule has 1 saturated heterocycles. The van der Waals surface area contributed by atoms with Gasteiger partial charge in [0.15, 0.2) is 5.72 Å². The van der Waals surface area contributed by atoms with Gasteiger partial charge in [0.05, 0.1) is 17.7 Å². The molecule has 1 fully saturated rings. The third kappa shape index (κ3) is 0.995. The standard InChI is InChI=1S/C11H9NO3/c1-11(6-15-11)12-9(13)7-4-2-3-5-8(7)10(12)14/h2-5H,6H2,1H3. The zero-order valence-corrected chi connectivity index (χ0v) is 8.19. The smallest absolute Gasteiger partial charge is 0.263 e. The maximum Gasteiger partial charge on any atom is 0.263 e. The Morgan fingerprint density at radius 2 is 1.67 bits per heavy atom. The number of ether oxygens (including phenoxy) is 1. The molecule has 0 saturated carbocycles. The first-order chi connectivity index (χ1) is 7.13. The molecule has 0 aromatic heterocycles. The van der Waals surface area contributed by atoms with Gasteiger partial charge in [-0.3, -0.25) is 9.59 Å². The number of hydrogen-bond donors (Lipinski definition) is 0. The third-order valence-corrected chi connectivity index (χ3v) is 2.83. The largest absolute Gasteiger partial charge is 0.348 e. The Bertz CT molecular complexity index is 441. The summed E-state index contributed by atoms with van der Waals surface area (Å²) in [5, 5.41) is 0. The molecule has 15 heavy (non-hydrogen) atoms. The van der Waals surface area contributed by atoms with E-state index < -0.39 is 5.72 Å². The van der Waals surface area contributed by atoms with Gasteiger partial charge in [0.25, 0.3) is 11.8 Å². The van der Waals surface area contributed by atoms with Crippen molar-refractivity contribution in [1.29, 1.82) is 0 Å². The molecule has 0 N–H and O–H groups in total. The molecule has 1 atom stereocenters. The quantitative estimate of drug-likeness (QED) is 0.506. The number of carbonyl (C=O) groups is 2. The van der Waals surface area contributed by atoms with Crippen LogP contribution >= 0.6 is 0 Å². The summed E-state index contributed by atoms with van der Waals surface area (Å²) in [6, 6.07) is 6.84. The maximum atomic E-state index is 11.9. The molecule has 4 heteroatoms. The number of amides is 2. The van der Waals surface area contributed by atoms with Gasteiger partial charge in [-0.1, -0.05) is 12.1 Å². The van der Waals surface area contributed by atoms with E-state index >= 15 is 0 Å². The average molecular weight is 203 g/mol. The lowest BCUT2D eigenvalue weighted by Gasteiger charge is -2.17. The average Bonchev–Trinajstić information content (AvgIpc) is 2.91. The number of imide groups is 1. The monoisotopic (exact) mass is 203 g/mol. The molecule has 0 radical (unpaired) electrons. The molecule has 1 aromatic carbocycles. The highest BCUT2D eigenvalue weighted by atomic mass is 16.6. The van der Waals surface area contributed by atoms with Crippen LogP contribution in [0.4, 0.5) is 0 Å². The number of epoxide rings is 1. The summed E-state index contributed by atoms with van der Waals surface area (Å²) < 4.78 is 5.14. The second kappa shape index (κ2) is 2.46. The molecule has 2 aliphatic rings. The summed E-state index contributed by atoms with van der Waals surface area (Å²) in [7, 11) is 0. The topological polar surface area (TPSA) is 49.9 Å². The van der Waals surface area contributed by atoms with Crippen molar-refractivity contribution < 1.29 is 14.3 Å². The van der Waals surface area contributed by atoms with Gasteiger partial charge in [0.2, 0.25) is 0 Å². The Balaban J connectivity index is 2.13. The molecule has 0 spiro atoms. The van der Waals surface area contributed by atoms with Crippen LogP contribution in [-0.2, 0) is 4.74 Å². The van der Waals surface area contributed by atoms with Crippen LogP contribution in [0.3, 0.4) is 0 Å². The summed E-state index contributed by atoms with van der Waals surface area (Å²) in [5.74, 6) is -0.508. The Labute approximate surface area is 86.4 Å². The fraction of sp³-hybridized carbons (Fsp3) is 0.273. The number of nitrogens with zero attached hydrogens (tertiary/aromatic N) is 1. The predicted molar refractivity (Wildman–Crippen MR) is 51.3 cm³/mol. The van der Waals surface area contributed by atoms with Gasteiger partial charge in [-0.15, -0.1) is 0 Å². The van der Waals surface area contributed by atoms with E-state index in [4.69, 9.17) is 4.74 Å². The van der Waals surface area contributed by atoms with Crippen LogP contribution in [0.25, 0.3) is 0 Å². The first kappa shape index (κ1) is 8.61. The molecular formula is C11H9NO3. The third-order valence-electron chi connectivity index (χ3n) is 2.83. The molecule has 1 aromatic rings. The number of rotatable bonds is 1. The van der Waals surface area contributed by atoms with Crippen molar-refractivity contribution in [2.24, 2.45) is 0 Å². The molecule has 1 unspecified atom stereocenters. The van der Waals surface area contributed by atoms with E-state index in [1.54, 1.807) is 31.2 Å². The van der Waals surface area contributed by atoms with E-state index in [-0.39, 0.29) is 11.8 Å². The summed E-state index contributed by atoms with van der Waals surface area (Å²) in [5.41, 5.74) is 0.228. The van der Waals surface area contributed by atoms with Crippen LogP contribution in [0, 0.1) is 0 Å². The lowest BCUT2D eigenvalue weighted by atomic mass is 10.1. The van der Waals surface area contributed by atoms with E-state index in [1.165, 1.54) is 4.90 Å². The second-order valence-electron chi connectivity index (χ2n) is 3.95. The summed E-state index contributed by atoms with van der Waals surface area (Å²) >= 11 is 0. The van der Waals surface area contributed by atoms with Gasteiger partial charge in [-0.25, -0.2) is 4.90 Å². The SMILES string of the molecule is CC1(N2C(=O)c3ccccc3C2=O)CO1. The first-order valence-corrected chi connectivity index (χ1v) is 4.75. The van der Waals surface area contributed by atoms with Gasteiger partial charge in [-0.2, -0.15) is 0 Å². The minimum Gasteiger partial charge on any atom is -0.348 e. The van der Waals surface area contributed by atoms with E-state index in [0.29, 0.717) is 17.7 Å². The number of hydrogen-bond acceptors (Lipinski definition) is 3. The highest BCUT2D eigenvalue weighted by Crippen LogP contribution is 2.37. The van der Waals surface area contributed by atoms with Gasteiger partial charge in [0, 0.05) is 0 Å². The van der Waals surface area contributed by atoms with Gasteiger partial charge in [0.1, 0.15) is 0 Å². The molecule has 3 rings (SSSR count). The van der Waals surface area contributed by atoms with Crippen molar-refractivity contribution >= 4 is 11.8 Å². The molecule has 2 amide bonds. The minimum atomic E-state index is -0.715. The zero-order chi connectivity index (χ0) is 10.6. The lowest BCUT2D eigenvalue weighted by molar-refractivity contribution is 0.0443. The molecular weight excluding hydrogens is 194 g/mol. The summed E-state index contributed by atoms with van der Waals surface area (Å²) in [4.78, 5) is 25.0. The van der Waals surface area contributed by atoms with E-state index in [0.717, 1.165) is 0 Å².